The second kappa shape index (κ2) is 7.85. The Morgan fingerprint density at radius 2 is 2.00 bits per heavy atom. The Bertz CT molecular complexity index is 936. The number of imidazole rings is 1. The lowest BCUT2D eigenvalue weighted by molar-refractivity contribution is -0.0295. The Morgan fingerprint density at radius 3 is 2.80 bits per heavy atom. The van der Waals surface area contributed by atoms with E-state index in [1.807, 2.05) is 37.3 Å². The monoisotopic (exact) mass is 412 g/mol. The molecule has 2 aromatic rings. The standard InChI is InChI=1S/C23H32N4O3/c1-25-19-7-6-17(15-18(19)24-22(25)26-11-13-30-14-12-26)21(28)27-10-4-9-23(16-27)8-3-5-20(23)29-2/h6-7,15,20H,3-5,8-14,16H2,1-2H3/t20-,23-/m1/s1. The Labute approximate surface area is 177 Å². The van der Waals surface area contributed by atoms with Crippen LogP contribution in [0.25, 0.3) is 11.0 Å². The highest BCUT2D eigenvalue weighted by Gasteiger charge is 2.46. The summed E-state index contributed by atoms with van der Waals surface area (Å²) in [4.78, 5) is 22.6. The van der Waals surface area contributed by atoms with Gasteiger partial charge in [-0.1, -0.05) is 6.42 Å². The lowest BCUT2D eigenvalue weighted by Crippen LogP contribution is -2.49. The highest BCUT2D eigenvalue weighted by atomic mass is 16.5. The van der Waals surface area contributed by atoms with E-state index >= 15 is 0 Å². The molecule has 1 aromatic heterocycles. The molecule has 2 aliphatic heterocycles. The quantitative estimate of drug-likeness (QED) is 0.776. The number of hydrogen-bond donors (Lipinski definition) is 0. The van der Waals surface area contributed by atoms with Crippen LogP contribution in [0.1, 0.15) is 42.5 Å². The van der Waals surface area contributed by atoms with Gasteiger partial charge in [0.05, 0.1) is 30.4 Å². The van der Waals surface area contributed by atoms with Crippen LogP contribution in [0.5, 0.6) is 0 Å². The van der Waals surface area contributed by atoms with Crippen molar-refractivity contribution in [2.75, 3.05) is 51.4 Å². The van der Waals surface area contributed by atoms with Gasteiger partial charge in [0, 0.05) is 51.3 Å². The summed E-state index contributed by atoms with van der Waals surface area (Å²) in [5.74, 6) is 1.07. The predicted molar refractivity (Wildman–Crippen MR) is 116 cm³/mol. The predicted octanol–water partition coefficient (Wildman–Crippen LogP) is 2.83. The summed E-state index contributed by atoms with van der Waals surface area (Å²) in [7, 11) is 3.86. The Hall–Kier alpha value is -2.12. The van der Waals surface area contributed by atoms with Crippen LogP contribution >= 0.6 is 0 Å². The molecular formula is C23H32N4O3. The van der Waals surface area contributed by atoms with Crippen LogP contribution in [-0.2, 0) is 16.5 Å². The number of morpholine rings is 1. The molecule has 162 valence electrons. The number of likely N-dealkylation sites (tertiary alicyclic amines) is 1. The molecule has 1 aliphatic carbocycles. The van der Waals surface area contributed by atoms with Crippen LogP contribution in [0, 0.1) is 5.41 Å². The first-order valence-corrected chi connectivity index (χ1v) is 11.2. The molecule has 2 saturated heterocycles. The fraction of sp³-hybridized carbons (Fsp3) is 0.652. The summed E-state index contributed by atoms with van der Waals surface area (Å²) in [5.41, 5.74) is 2.81. The zero-order chi connectivity index (χ0) is 20.7. The summed E-state index contributed by atoms with van der Waals surface area (Å²) in [6.07, 6.45) is 5.98. The molecular weight excluding hydrogens is 380 g/mol. The van der Waals surface area contributed by atoms with E-state index in [-0.39, 0.29) is 17.4 Å². The first kappa shape index (κ1) is 19.8. The molecule has 7 nitrogen and oxygen atoms in total. The van der Waals surface area contributed by atoms with Gasteiger partial charge in [0.1, 0.15) is 0 Å². The molecule has 0 bridgehead atoms. The SMILES string of the molecule is CO[C@@H]1CCC[C@]12CCCN(C(=O)c1ccc3c(c1)nc(N1CCOCC1)n3C)C2. The van der Waals surface area contributed by atoms with Crippen LogP contribution in [0.4, 0.5) is 5.95 Å². The molecule has 3 aliphatic rings. The highest BCUT2D eigenvalue weighted by Crippen LogP contribution is 2.46. The molecule has 3 heterocycles. The first-order chi connectivity index (χ1) is 14.6. The molecule has 7 heteroatoms. The van der Waals surface area contributed by atoms with E-state index in [4.69, 9.17) is 14.5 Å². The molecule has 0 radical (unpaired) electrons. The number of benzene rings is 1. The number of rotatable bonds is 3. The largest absolute Gasteiger partial charge is 0.381 e. The number of ether oxygens (including phenoxy) is 2. The van der Waals surface area contributed by atoms with E-state index < -0.39 is 0 Å². The van der Waals surface area contributed by atoms with E-state index in [0.29, 0.717) is 0 Å². The van der Waals surface area contributed by atoms with Crippen LogP contribution in [0.15, 0.2) is 18.2 Å². The molecule has 0 unspecified atom stereocenters. The van der Waals surface area contributed by atoms with Gasteiger partial charge >= 0.3 is 0 Å². The van der Waals surface area contributed by atoms with Crippen molar-refractivity contribution in [3.05, 3.63) is 23.8 Å². The molecule has 1 amide bonds. The Kier molecular flexibility index (Phi) is 5.19. The molecule has 0 N–H and O–H groups in total. The van der Waals surface area contributed by atoms with Crippen molar-refractivity contribution < 1.29 is 14.3 Å². The highest BCUT2D eigenvalue weighted by molar-refractivity contribution is 5.97. The van der Waals surface area contributed by atoms with Gasteiger partial charge in [-0.25, -0.2) is 4.98 Å². The lowest BCUT2D eigenvalue weighted by atomic mass is 9.76. The summed E-state index contributed by atoms with van der Waals surface area (Å²) in [6.45, 7) is 4.79. The minimum absolute atomic E-state index is 0.122. The summed E-state index contributed by atoms with van der Waals surface area (Å²) >= 11 is 0. The minimum Gasteiger partial charge on any atom is -0.381 e. The summed E-state index contributed by atoms with van der Waals surface area (Å²) in [5, 5.41) is 0. The van der Waals surface area contributed by atoms with Crippen LogP contribution in [-0.4, -0.2) is 73.0 Å². The topological polar surface area (TPSA) is 59.8 Å². The number of nitrogens with zero attached hydrogens (tertiary/aromatic N) is 4. The first-order valence-electron chi connectivity index (χ1n) is 11.2. The second-order valence-electron chi connectivity index (χ2n) is 9.08. The maximum atomic E-state index is 13.4. The fourth-order valence-electron chi connectivity index (χ4n) is 5.82. The normalized spacial score (nSPS) is 27.3. The average molecular weight is 413 g/mol. The van der Waals surface area contributed by atoms with Crippen molar-refractivity contribution in [2.24, 2.45) is 12.5 Å². The zero-order valence-electron chi connectivity index (χ0n) is 18.1. The maximum Gasteiger partial charge on any atom is 0.253 e. The van der Waals surface area contributed by atoms with Gasteiger partial charge in [-0.05, 0) is 43.9 Å². The fourth-order valence-corrected chi connectivity index (χ4v) is 5.82. The molecule has 1 saturated carbocycles. The van der Waals surface area contributed by atoms with Crippen molar-refractivity contribution in [3.63, 3.8) is 0 Å². The second-order valence-corrected chi connectivity index (χ2v) is 9.08. The van der Waals surface area contributed by atoms with E-state index in [2.05, 4.69) is 9.47 Å². The number of aromatic nitrogens is 2. The van der Waals surface area contributed by atoms with Crippen molar-refractivity contribution in [2.45, 2.75) is 38.2 Å². The molecule has 3 fully saturated rings. The van der Waals surface area contributed by atoms with Crippen LogP contribution < -0.4 is 4.90 Å². The van der Waals surface area contributed by atoms with Gasteiger partial charge in [-0.15, -0.1) is 0 Å². The van der Waals surface area contributed by atoms with E-state index in [1.165, 1.54) is 6.42 Å². The zero-order valence-corrected chi connectivity index (χ0v) is 18.1. The lowest BCUT2D eigenvalue weighted by Gasteiger charge is -2.43. The Balaban J connectivity index is 1.39. The van der Waals surface area contributed by atoms with Gasteiger partial charge in [-0.2, -0.15) is 0 Å². The number of fused-ring (bicyclic) bond motifs is 1. The number of methoxy groups -OCH3 is 1. The number of carbonyl (C=O) groups is 1. The minimum atomic E-state index is 0.122. The number of amides is 1. The van der Waals surface area contributed by atoms with Crippen molar-refractivity contribution >= 4 is 22.9 Å². The van der Waals surface area contributed by atoms with Gasteiger partial charge in [0.15, 0.2) is 0 Å². The van der Waals surface area contributed by atoms with Crippen molar-refractivity contribution in [1.29, 1.82) is 0 Å². The van der Waals surface area contributed by atoms with Crippen LogP contribution in [0.2, 0.25) is 0 Å². The third-order valence-electron chi connectivity index (χ3n) is 7.40. The van der Waals surface area contributed by atoms with E-state index in [0.717, 1.165) is 87.6 Å². The number of anilines is 1. The molecule has 1 aromatic carbocycles. The molecule has 1 spiro atoms. The smallest absolute Gasteiger partial charge is 0.253 e. The van der Waals surface area contributed by atoms with E-state index in [1.54, 1.807) is 0 Å². The third-order valence-corrected chi connectivity index (χ3v) is 7.40. The third kappa shape index (κ3) is 3.28. The van der Waals surface area contributed by atoms with Crippen molar-refractivity contribution in [1.82, 2.24) is 14.5 Å². The molecule has 30 heavy (non-hydrogen) atoms. The van der Waals surface area contributed by atoms with Crippen LogP contribution in [0.3, 0.4) is 0 Å². The van der Waals surface area contributed by atoms with Gasteiger partial charge in [-0.3, -0.25) is 4.79 Å². The molecule has 2 atom stereocenters. The van der Waals surface area contributed by atoms with Gasteiger partial charge in [0.25, 0.3) is 5.91 Å². The van der Waals surface area contributed by atoms with Crippen molar-refractivity contribution in [3.8, 4) is 0 Å². The summed E-state index contributed by atoms with van der Waals surface area (Å²) < 4.78 is 13.4. The summed E-state index contributed by atoms with van der Waals surface area (Å²) in [6, 6.07) is 5.96. The van der Waals surface area contributed by atoms with Gasteiger partial charge < -0.3 is 23.8 Å². The number of aryl methyl sites for hydroxylation is 1. The Morgan fingerprint density at radius 1 is 1.20 bits per heavy atom. The number of piperidine rings is 1. The van der Waals surface area contributed by atoms with E-state index in [9.17, 15) is 4.79 Å². The molecule has 5 rings (SSSR count). The number of hydrogen-bond acceptors (Lipinski definition) is 5. The number of carbonyl (C=O) groups excluding carboxylic acids is 1. The maximum absolute atomic E-state index is 13.4. The van der Waals surface area contributed by atoms with Gasteiger partial charge in [0.2, 0.25) is 5.95 Å². The average Bonchev–Trinajstić information content (AvgIpc) is 3.33.